The van der Waals surface area contributed by atoms with Gasteiger partial charge in [-0.3, -0.25) is 9.59 Å². The maximum Gasteiger partial charge on any atom is 0.309 e. The minimum absolute atomic E-state index is 0.146. The van der Waals surface area contributed by atoms with E-state index in [0.717, 1.165) is 64.8 Å². The third-order valence-corrected chi connectivity index (χ3v) is 8.38. The van der Waals surface area contributed by atoms with Crippen molar-refractivity contribution in [1.29, 1.82) is 0 Å². The van der Waals surface area contributed by atoms with Crippen LogP contribution in [0.25, 0.3) is 0 Å². The van der Waals surface area contributed by atoms with Crippen LogP contribution in [-0.4, -0.2) is 58.5 Å². The first-order chi connectivity index (χ1) is 13.9. The lowest BCUT2D eigenvalue weighted by Gasteiger charge is -2.59. The highest BCUT2D eigenvalue weighted by molar-refractivity contribution is 6.33. The third-order valence-electron chi connectivity index (χ3n) is 8.02. The quantitative estimate of drug-likeness (QED) is 0.805. The molecule has 4 saturated carbocycles. The average molecular weight is 421 g/mol. The zero-order valence-corrected chi connectivity index (χ0v) is 17.6. The van der Waals surface area contributed by atoms with E-state index in [2.05, 4.69) is 21.8 Å². The highest BCUT2D eigenvalue weighted by Crippen LogP contribution is 2.61. The molecule has 6 rings (SSSR count). The maximum absolute atomic E-state index is 13.4. The topological polar surface area (TPSA) is 78.7 Å². The van der Waals surface area contributed by atoms with E-state index in [1.165, 1.54) is 4.68 Å². The molecule has 0 spiro atoms. The number of halogens is 1. The van der Waals surface area contributed by atoms with E-state index < -0.39 is 17.4 Å². The molecule has 3 atom stereocenters. The molecule has 8 heteroatoms. The monoisotopic (exact) mass is 420 g/mol. The number of aromatic nitrogens is 2. The molecular formula is C21H29ClN4O3. The molecule has 5 aliphatic rings. The van der Waals surface area contributed by atoms with E-state index in [0.29, 0.717) is 17.5 Å². The fraction of sp³-hybridized carbons (Fsp3) is 0.762. The smallest absolute Gasteiger partial charge is 0.309 e. The second kappa shape index (κ2) is 6.98. The minimum atomic E-state index is -0.793. The van der Waals surface area contributed by atoms with Crippen molar-refractivity contribution in [1.82, 2.24) is 14.7 Å². The van der Waals surface area contributed by atoms with Crippen LogP contribution in [-0.2, 0) is 10.3 Å². The van der Waals surface area contributed by atoms with Crippen LogP contribution in [0.15, 0.2) is 11.0 Å². The molecule has 1 N–H and O–H groups in total. The molecule has 7 nitrogen and oxygen atoms in total. The van der Waals surface area contributed by atoms with Gasteiger partial charge in [0.1, 0.15) is 5.02 Å². The Kier molecular flexibility index (Phi) is 4.66. The number of likely N-dealkylation sites (N-methyl/N-ethyl adjacent to an activating group) is 1. The van der Waals surface area contributed by atoms with Crippen LogP contribution in [0.2, 0.25) is 5.02 Å². The Morgan fingerprint density at radius 1 is 1.21 bits per heavy atom. The second-order valence-electron chi connectivity index (χ2n) is 9.51. The zero-order chi connectivity index (χ0) is 20.3. The summed E-state index contributed by atoms with van der Waals surface area (Å²) in [7, 11) is 0. The number of carbonyl (C=O) groups is 1. The van der Waals surface area contributed by atoms with Crippen LogP contribution in [0, 0.1) is 23.7 Å². The largest absolute Gasteiger partial charge is 0.481 e. The fourth-order valence-corrected chi connectivity index (χ4v) is 7.25. The van der Waals surface area contributed by atoms with Crippen molar-refractivity contribution >= 4 is 23.3 Å². The van der Waals surface area contributed by atoms with Gasteiger partial charge >= 0.3 is 5.97 Å². The fourth-order valence-electron chi connectivity index (χ4n) is 7.00. The lowest BCUT2D eigenvalue weighted by atomic mass is 9.48. The van der Waals surface area contributed by atoms with Gasteiger partial charge in [0.2, 0.25) is 0 Å². The summed E-state index contributed by atoms with van der Waals surface area (Å²) in [6.45, 7) is 6.67. The SMILES string of the molecule is CCN1CCN(c2cnn(C34CC5CC(CC(C5)C3C(=O)O)C4)c(=O)c2Cl)CC1. The summed E-state index contributed by atoms with van der Waals surface area (Å²) in [5.74, 6) is -0.198. The molecule has 5 fully saturated rings. The number of carboxylic acids is 1. The second-order valence-corrected chi connectivity index (χ2v) is 9.89. The van der Waals surface area contributed by atoms with E-state index in [1.54, 1.807) is 6.20 Å². The first-order valence-corrected chi connectivity index (χ1v) is 11.3. The summed E-state index contributed by atoms with van der Waals surface area (Å²) in [6, 6.07) is 0. The molecule has 4 bridgehead atoms. The van der Waals surface area contributed by atoms with E-state index >= 15 is 0 Å². The van der Waals surface area contributed by atoms with E-state index in [-0.39, 0.29) is 16.5 Å². The van der Waals surface area contributed by atoms with Crippen LogP contribution in [0.5, 0.6) is 0 Å². The molecular weight excluding hydrogens is 392 g/mol. The standard InChI is InChI=1S/C21H29ClN4O3/c1-2-24-3-5-25(6-4-24)16-12-23-26(19(27)18(16)22)21-10-13-7-14(11-21)9-15(8-13)17(21)20(28)29/h12-15,17H,2-11H2,1H3,(H,28,29). The molecule has 1 aromatic heterocycles. The first kappa shape index (κ1) is 19.4. The van der Waals surface area contributed by atoms with Crippen LogP contribution >= 0.6 is 11.6 Å². The van der Waals surface area contributed by atoms with Crippen molar-refractivity contribution in [2.24, 2.45) is 23.7 Å². The number of hydrogen-bond donors (Lipinski definition) is 1. The van der Waals surface area contributed by atoms with E-state index in [9.17, 15) is 14.7 Å². The Balaban J connectivity index is 1.52. The predicted octanol–water partition coefficient (Wildman–Crippen LogP) is 2.27. The van der Waals surface area contributed by atoms with Crippen LogP contribution < -0.4 is 10.5 Å². The average Bonchev–Trinajstić information content (AvgIpc) is 2.69. The number of carboxylic acid groups (broad SMARTS) is 1. The number of nitrogens with zero attached hydrogens (tertiary/aromatic N) is 4. The maximum atomic E-state index is 13.4. The molecule has 29 heavy (non-hydrogen) atoms. The van der Waals surface area contributed by atoms with Gasteiger partial charge in [0, 0.05) is 26.2 Å². The zero-order valence-electron chi connectivity index (χ0n) is 16.9. The summed E-state index contributed by atoms with van der Waals surface area (Å²) in [4.78, 5) is 30.1. The van der Waals surface area contributed by atoms with Crippen molar-refractivity contribution in [3.8, 4) is 0 Å². The Labute approximate surface area is 175 Å². The summed E-state index contributed by atoms with van der Waals surface area (Å²) < 4.78 is 1.48. The molecule has 2 heterocycles. The summed E-state index contributed by atoms with van der Waals surface area (Å²) >= 11 is 6.59. The van der Waals surface area contributed by atoms with Crippen molar-refractivity contribution in [3.63, 3.8) is 0 Å². The number of piperazine rings is 1. The lowest BCUT2D eigenvalue weighted by molar-refractivity contribution is -0.168. The Bertz CT molecular complexity index is 865. The van der Waals surface area contributed by atoms with Gasteiger partial charge in [-0.1, -0.05) is 18.5 Å². The number of rotatable bonds is 4. The number of aliphatic carboxylic acids is 1. The molecule has 3 unspecified atom stereocenters. The number of anilines is 1. The molecule has 1 saturated heterocycles. The normalized spacial score (nSPS) is 36.6. The first-order valence-electron chi connectivity index (χ1n) is 10.9. The lowest BCUT2D eigenvalue weighted by Crippen LogP contribution is -2.63. The van der Waals surface area contributed by atoms with Crippen LogP contribution in [0.3, 0.4) is 0 Å². The molecule has 158 valence electrons. The number of hydrogen-bond acceptors (Lipinski definition) is 5. The molecule has 4 aliphatic carbocycles. The molecule has 1 aromatic rings. The van der Waals surface area contributed by atoms with Gasteiger partial charge < -0.3 is 14.9 Å². The van der Waals surface area contributed by atoms with Gasteiger partial charge in [-0.15, -0.1) is 0 Å². The van der Waals surface area contributed by atoms with E-state index in [4.69, 9.17) is 11.6 Å². The Morgan fingerprint density at radius 3 is 2.45 bits per heavy atom. The third kappa shape index (κ3) is 2.92. The van der Waals surface area contributed by atoms with Crippen molar-refractivity contribution in [2.75, 3.05) is 37.6 Å². The Hall–Kier alpha value is -1.60. The van der Waals surface area contributed by atoms with Gasteiger partial charge in [0.15, 0.2) is 0 Å². The van der Waals surface area contributed by atoms with Crippen molar-refractivity contribution in [2.45, 2.75) is 44.6 Å². The summed E-state index contributed by atoms with van der Waals surface area (Å²) in [6.07, 6.45) is 6.26. The molecule has 0 radical (unpaired) electrons. The van der Waals surface area contributed by atoms with Gasteiger partial charge in [-0.2, -0.15) is 5.10 Å². The molecule has 0 aromatic carbocycles. The van der Waals surface area contributed by atoms with Crippen LogP contribution in [0.1, 0.15) is 39.0 Å². The van der Waals surface area contributed by atoms with Gasteiger partial charge in [0.05, 0.1) is 23.3 Å². The predicted molar refractivity (Wildman–Crippen MR) is 110 cm³/mol. The molecule has 0 amide bonds. The van der Waals surface area contributed by atoms with Gasteiger partial charge in [0.25, 0.3) is 5.56 Å². The molecule has 1 aliphatic heterocycles. The van der Waals surface area contributed by atoms with Gasteiger partial charge in [-0.05, 0) is 56.4 Å². The van der Waals surface area contributed by atoms with Crippen molar-refractivity contribution in [3.05, 3.63) is 21.6 Å². The highest BCUT2D eigenvalue weighted by atomic mass is 35.5. The van der Waals surface area contributed by atoms with Crippen LogP contribution in [0.4, 0.5) is 5.69 Å². The summed E-state index contributed by atoms with van der Waals surface area (Å²) in [5, 5.41) is 14.8. The van der Waals surface area contributed by atoms with Crippen molar-refractivity contribution < 1.29 is 9.90 Å². The Morgan fingerprint density at radius 2 is 1.86 bits per heavy atom. The highest BCUT2D eigenvalue weighted by Gasteiger charge is 2.61. The van der Waals surface area contributed by atoms with E-state index in [1.807, 2.05) is 0 Å². The minimum Gasteiger partial charge on any atom is -0.481 e. The van der Waals surface area contributed by atoms with Gasteiger partial charge in [-0.25, -0.2) is 4.68 Å². The summed E-state index contributed by atoms with van der Waals surface area (Å²) in [5.41, 5.74) is -0.364.